The van der Waals surface area contributed by atoms with Crippen LogP contribution < -0.4 is 5.32 Å². The third-order valence-electron chi connectivity index (χ3n) is 2.15. The highest BCUT2D eigenvalue weighted by molar-refractivity contribution is 5.25. The summed E-state index contributed by atoms with van der Waals surface area (Å²) in [5.41, 5.74) is 0.805. The molecular formula is C11H17F2NO. The van der Waals surface area contributed by atoms with Gasteiger partial charge in [-0.05, 0) is 12.1 Å². The standard InChI is InChI=1S/C11H15F2NO.H2/c1-2-14-7-9-3-5-10(6-4-9)11(12,13)8-15;/h3-6,14-15H,2,7-8H2,1H3;1H. The van der Waals surface area contributed by atoms with Crippen LogP contribution in [0.4, 0.5) is 8.78 Å². The molecule has 0 aromatic heterocycles. The molecule has 15 heavy (non-hydrogen) atoms. The minimum Gasteiger partial charge on any atom is -0.390 e. The van der Waals surface area contributed by atoms with Crippen molar-refractivity contribution in [2.45, 2.75) is 19.4 Å². The molecule has 2 N–H and O–H groups in total. The van der Waals surface area contributed by atoms with Crippen LogP contribution >= 0.6 is 0 Å². The topological polar surface area (TPSA) is 32.3 Å². The van der Waals surface area contributed by atoms with Crippen molar-refractivity contribution in [2.24, 2.45) is 0 Å². The van der Waals surface area contributed by atoms with E-state index < -0.39 is 12.5 Å². The number of hydrogen-bond donors (Lipinski definition) is 2. The van der Waals surface area contributed by atoms with Gasteiger partial charge in [0.25, 0.3) is 5.92 Å². The first-order chi connectivity index (χ1) is 7.10. The molecule has 0 aliphatic carbocycles. The molecule has 0 unspecified atom stereocenters. The van der Waals surface area contributed by atoms with Crippen LogP contribution in [-0.2, 0) is 12.5 Å². The third-order valence-corrected chi connectivity index (χ3v) is 2.15. The molecule has 4 heteroatoms. The van der Waals surface area contributed by atoms with Crippen LogP contribution in [0.25, 0.3) is 0 Å². The largest absolute Gasteiger partial charge is 0.390 e. The first-order valence-electron chi connectivity index (χ1n) is 4.89. The van der Waals surface area contributed by atoms with Gasteiger partial charge in [-0.1, -0.05) is 31.2 Å². The fraction of sp³-hybridized carbons (Fsp3) is 0.455. The fourth-order valence-corrected chi connectivity index (χ4v) is 1.23. The van der Waals surface area contributed by atoms with Gasteiger partial charge in [-0.25, -0.2) is 0 Å². The van der Waals surface area contributed by atoms with Crippen molar-refractivity contribution in [1.82, 2.24) is 5.32 Å². The van der Waals surface area contributed by atoms with Crippen molar-refractivity contribution >= 4 is 0 Å². The molecular weight excluding hydrogens is 200 g/mol. The second kappa shape index (κ2) is 5.19. The Morgan fingerprint density at radius 2 is 1.93 bits per heavy atom. The maximum absolute atomic E-state index is 13.0. The van der Waals surface area contributed by atoms with Crippen LogP contribution in [0.15, 0.2) is 24.3 Å². The average Bonchev–Trinajstić information content (AvgIpc) is 2.27. The summed E-state index contributed by atoms with van der Waals surface area (Å²) in [6.45, 7) is 2.34. The van der Waals surface area contributed by atoms with Gasteiger partial charge in [0, 0.05) is 13.5 Å². The number of benzene rings is 1. The normalized spacial score (nSPS) is 11.7. The second-order valence-electron chi connectivity index (χ2n) is 3.34. The van der Waals surface area contributed by atoms with Crippen LogP contribution in [-0.4, -0.2) is 18.3 Å². The summed E-state index contributed by atoms with van der Waals surface area (Å²) in [4.78, 5) is 0. The molecule has 0 atom stereocenters. The summed E-state index contributed by atoms with van der Waals surface area (Å²) in [7, 11) is 0. The van der Waals surface area contributed by atoms with E-state index in [1.54, 1.807) is 12.1 Å². The summed E-state index contributed by atoms with van der Waals surface area (Å²) in [5, 5.41) is 11.6. The first kappa shape index (κ1) is 12.1. The molecule has 0 saturated heterocycles. The molecule has 0 bridgehead atoms. The third kappa shape index (κ3) is 3.25. The number of aliphatic hydroxyl groups excluding tert-OH is 1. The van der Waals surface area contributed by atoms with E-state index in [-0.39, 0.29) is 6.99 Å². The van der Waals surface area contributed by atoms with E-state index in [1.807, 2.05) is 6.92 Å². The molecule has 0 aliphatic rings. The van der Waals surface area contributed by atoms with Crippen molar-refractivity contribution in [3.8, 4) is 0 Å². The highest BCUT2D eigenvalue weighted by Crippen LogP contribution is 2.26. The van der Waals surface area contributed by atoms with Crippen molar-refractivity contribution in [1.29, 1.82) is 0 Å². The Morgan fingerprint density at radius 3 is 2.40 bits per heavy atom. The summed E-state index contributed by atoms with van der Waals surface area (Å²) in [6, 6.07) is 5.98. The zero-order valence-electron chi connectivity index (χ0n) is 8.63. The Kier molecular flexibility index (Phi) is 4.17. The van der Waals surface area contributed by atoms with E-state index in [1.165, 1.54) is 12.1 Å². The predicted octanol–water partition coefficient (Wildman–Crippen LogP) is 2.13. The van der Waals surface area contributed by atoms with Gasteiger partial charge >= 0.3 is 0 Å². The SMILES string of the molecule is CCNCc1ccc(C(F)(F)CO)cc1.[HH]. The number of aliphatic hydroxyl groups is 1. The predicted molar refractivity (Wildman–Crippen MR) is 56.9 cm³/mol. The van der Waals surface area contributed by atoms with Gasteiger partial charge in [-0.15, -0.1) is 0 Å². The zero-order chi connectivity index (χ0) is 11.3. The van der Waals surface area contributed by atoms with Crippen molar-refractivity contribution < 1.29 is 15.3 Å². The van der Waals surface area contributed by atoms with Crippen molar-refractivity contribution in [2.75, 3.05) is 13.2 Å². The Hall–Kier alpha value is -1.00. The van der Waals surface area contributed by atoms with Crippen molar-refractivity contribution in [3.05, 3.63) is 35.4 Å². The zero-order valence-corrected chi connectivity index (χ0v) is 8.63. The molecule has 0 spiro atoms. The van der Waals surface area contributed by atoms with Gasteiger partial charge in [0.2, 0.25) is 0 Å². The second-order valence-corrected chi connectivity index (χ2v) is 3.34. The molecule has 1 aromatic rings. The fourth-order valence-electron chi connectivity index (χ4n) is 1.23. The van der Waals surface area contributed by atoms with Gasteiger partial charge in [0.15, 0.2) is 0 Å². The van der Waals surface area contributed by atoms with Gasteiger partial charge in [0.1, 0.15) is 6.61 Å². The summed E-state index contributed by atoms with van der Waals surface area (Å²) in [5.74, 6) is -3.14. The van der Waals surface area contributed by atoms with E-state index in [9.17, 15) is 8.78 Å². The van der Waals surface area contributed by atoms with Gasteiger partial charge < -0.3 is 10.4 Å². The van der Waals surface area contributed by atoms with Crippen LogP contribution in [0.1, 0.15) is 19.5 Å². The number of halogens is 2. The van der Waals surface area contributed by atoms with E-state index in [0.29, 0.717) is 6.54 Å². The molecule has 0 amide bonds. The monoisotopic (exact) mass is 217 g/mol. The number of hydrogen-bond acceptors (Lipinski definition) is 2. The Balaban J connectivity index is 0.00000225. The highest BCUT2D eigenvalue weighted by Gasteiger charge is 2.29. The lowest BCUT2D eigenvalue weighted by Gasteiger charge is -2.13. The smallest absolute Gasteiger partial charge is 0.295 e. The molecule has 0 heterocycles. The lowest BCUT2D eigenvalue weighted by molar-refractivity contribution is -0.0556. The van der Waals surface area contributed by atoms with E-state index in [4.69, 9.17) is 5.11 Å². The van der Waals surface area contributed by atoms with E-state index >= 15 is 0 Å². The summed E-state index contributed by atoms with van der Waals surface area (Å²) < 4.78 is 26.0. The Morgan fingerprint density at radius 1 is 1.33 bits per heavy atom. The molecule has 0 fully saturated rings. The Labute approximate surface area is 89.4 Å². The minimum atomic E-state index is -3.14. The van der Waals surface area contributed by atoms with Crippen LogP contribution in [0.5, 0.6) is 0 Å². The molecule has 1 rings (SSSR count). The van der Waals surface area contributed by atoms with Crippen LogP contribution in [0.2, 0.25) is 0 Å². The van der Waals surface area contributed by atoms with E-state index in [2.05, 4.69) is 5.32 Å². The van der Waals surface area contributed by atoms with Crippen LogP contribution in [0.3, 0.4) is 0 Å². The van der Waals surface area contributed by atoms with Crippen LogP contribution in [0, 0.1) is 0 Å². The molecule has 1 aromatic carbocycles. The molecule has 2 nitrogen and oxygen atoms in total. The summed E-state index contributed by atoms with van der Waals surface area (Å²) >= 11 is 0. The Bertz CT molecular complexity index is 303. The molecule has 0 aliphatic heterocycles. The van der Waals surface area contributed by atoms with Crippen molar-refractivity contribution in [3.63, 3.8) is 0 Å². The molecule has 0 saturated carbocycles. The number of rotatable bonds is 5. The maximum atomic E-state index is 13.0. The lowest BCUT2D eigenvalue weighted by atomic mass is 10.1. The average molecular weight is 217 g/mol. The number of nitrogens with one attached hydrogen (secondary N) is 1. The minimum absolute atomic E-state index is 0. The lowest BCUT2D eigenvalue weighted by Crippen LogP contribution is -2.18. The van der Waals surface area contributed by atoms with Gasteiger partial charge in [-0.2, -0.15) is 8.78 Å². The quantitative estimate of drug-likeness (QED) is 0.791. The first-order valence-corrected chi connectivity index (χ1v) is 4.89. The van der Waals surface area contributed by atoms with Gasteiger partial charge in [-0.3, -0.25) is 0 Å². The maximum Gasteiger partial charge on any atom is 0.295 e. The molecule has 0 radical (unpaired) electrons. The number of alkyl halides is 2. The van der Waals surface area contributed by atoms with Gasteiger partial charge in [0.05, 0.1) is 0 Å². The highest BCUT2D eigenvalue weighted by atomic mass is 19.3. The summed E-state index contributed by atoms with van der Waals surface area (Å²) in [6.07, 6.45) is 0. The van der Waals surface area contributed by atoms with E-state index in [0.717, 1.165) is 12.1 Å². The molecule has 86 valence electrons.